The summed E-state index contributed by atoms with van der Waals surface area (Å²) in [6.07, 6.45) is -0.685. The molecule has 1 rings (SSSR count). The molecule has 0 aromatic carbocycles. The SMILES string of the molecule is O=NN1C[C@@H](O)C[C@H]1C(=O)O. The number of aliphatic carboxylic acids is 1. The van der Waals surface area contributed by atoms with Gasteiger partial charge in [-0.25, -0.2) is 9.80 Å². The van der Waals surface area contributed by atoms with E-state index in [9.17, 15) is 9.70 Å². The molecule has 11 heavy (non-hydrogen) atoms. The van der Waals surface area contributed by atoms with Gasteiger partial charge in [-0.1, -0.05) is 0 Å². The number of rotatable bonds is 2. The monoisotopic (exact) mass is 160 g/mol. The normalized spacial score (nSPS) is 30.5. The maximum Gasteiger partial charge on any atom is 0.328 e. The Kier molecular flexibility index (Phi) is 2.04. The number of aliphatic hydroxyl groups excluding tert-OH is 1. The second-order valence-corrected chi connectivity index (χ2v) is 2.45. The van der Waals surface area contributed by atoms with Crippen LogP contribution < -0.4 is 0 Å². The first kappa shape index (κ1) is 7.93. The standard InChI is InChI=1S/C5H8N2O4/c8-3-1-4(5(9)10)7(2-3)6-11/h3-4,8H,1-2H2,(H,9,10)/t3-,4-/m0/s1. The first-order valence-electron chi connectivity index (χ1n) is 3.16. The lowest BCUT2D eigenvalue weighted by molar-refractivity contribution is -0.142. The molecule has 62 valence electrons. The van der Waals surface area contributed by atoms with Gasteiger partial charge < -0.3 is 10.2 Å². The van der Waals surface area contributed by atoms with Crippen molar-refractivity contribution >= 4 is 5.97 Å². The van der Waals surface area contributed by atoms with Crippen molar-refractivity contribution in [2.24, 2.45) is 5.29 Å². The summed E-state index contributed by atoms with van der Waals surface area (Å²) < 4.78 is 0. The molecule has 0 spiro atoms. The molecule has 0 aromatic rings. The van der Waals surface area contributed by atoms with Crippen LogP contribution in [0.25, 0.3) is 0 Å². The topological polar surface area (TPSA) is 90.2 Å². The summed E-state index contributed by atoms with van der Waals surface area (Å²) in [4.78, 5) is 20.3. The van der Waals surface area contributed by atoms with Gasteiger partial charge in [0.2, 0.25) is 0 Å². The third-order valence-electron chi connectivity index (χ3n) is 1.64. The van der Waals surface area contributed by atoms with E-state index in [1.54, 1.807) is 0 Å². The molecule has 6 heteroatoms. The molecule has 2 N–H and O–H groups in total. The van der Waals surface area contributed by atoms with Crippen molar-refractivity contribution in [1.29, 1.82) is 0 Å². The highest BCUT2D eigenvalue weighted by atomic mass is 16.4. The molecule has 0 aliphatic carbocycles. The van der Waals surface area contributed by atoms with E-state index in [-0.39, 0.29) is 13.0 Å². The predicted octanol–water partition coefficient (Wildman–Crippen LogP) is -0.812. The minimum atomic E-state index is -1.12. The summed E-state index contributed by atoms with van der Waals surface area (Å²) in [5, 5.41) is 20.8. The van der Waals surface area contributed by atoms with Gasteiger partial charge in [-0.3, -0.25) is 0 Å². The van der Waals surface area contributed by atoms with Crippen molar-refractivity contribution in [3.63, 3.8) is 0 Å². The molecule has 2 atom stereocenters. The van der Waals surface area contributed by atoms with E-state index in [1.165, 1.54) is 0 Å². The molecule has 1 aliphatic heterocycles. The minimum absolute atomic E-state index is 0.0144. The molecule has 0 radical (unpaired) electrons. The number of β-amino-alcohol motifs (C(OH)–C–C–N with tert-alkyl or cyclic N) is 1. The number of carbonyl (C=O) groups is 1. The van der Waals surface area contributed by atoms with E-state index in [0.717, 1.165) is 5.01 Å². The maximum absolute atomic E-state index is 10.4. The van der Waals surface area contributed by atoms with Crippen molar-refractivity contribution in [2.75, 3.05) is 6.54 Å². The van der Waals surface area contributed by atoms with Gasteiger partial charge >= 0.3 is 5.97 Å². The smallest absolute Gasteiger partial charge is 0.328 e. The van der Waals surface area contributed by atoms with Crippen molar-refractivity contribution in [3.05, 3.63) is 4.91 Å². The molecule has 1 aliphatic rings. The van der Waals surface area contributed by atoms with Crippen LogP contribution in [0, 0.1) is 4.91 Å². The van der Waals surface area contributed by atoms with E-state index in [2.05, 4.69) is 5.29 Å². The average Bonchev–Trinajstić information content (AvgIpc) is 2.30. The molecule has 0 unspecified atom stereocenters. The largest absolute Gasteiger partial charge is 0.480 e. The quantitative estimate of drug-likeness (QED) is 0.515. The number of nitrogens with zero attached hydrogens (tertiary/aromatic N) is 2. The minimum Gasteiger partial charge on any atom is -0.480 e. The van der Waals surface area contributed by atoms with Crippen LogP contribution in [0.1, 0.15) is 6.42 Å². The Morgan fingerprint density at radius 1 is 1.64 bits per heavy atom. The summed E-state index contributed by atoms with van der Waals surface area (Å²) in [6, 6.07) is -0.956. The lowest BCUT2D eigenvalue weighted by atomic mass is 10.2. The molecule has 6 nitrogen and oxygen atoms in total. The Bertz CT molecular complexity index is 183. The molecule has 0 aromatic heterocycles. The van der Waals surface area contributed by atoms with Crippen molar-refractivity contribution < 1.29 is 15.0 Å². The Morgan fingerprint density at radius 3 is 2.64 bits per heavy atom. The van der Waals surface area contributed by atoms with Gasteiger partial charge in [0, 0.05) is 6.42 Å². The van der Waals surface area contributed by atoms with Gasteiger partial charge in [0.25, 0.3) is 0 Å². The highest BCUT2D eigenvalue weighted by Gasteiger charge is 2.36. The van der Waals surface area contributed by atoms with Crippen LogP contribution in [-0.2, 0) is 4.79 Å². The van der Waals surface area contributed by atoms with E-state index in [0.29, 0.717) is 0 Å². The average molecular weight is 160 g/mol. The number of hydrogen-bond acceptors (Lipinski definition) is 4. The number of carboxylic acids is 1. The third-order valence-corrected chi connectivity index (χ3v) is 1.64. The van der Waals surface area contributed by atoms with Crippen LogP contribution in [-0.4, -0.2) is 39.9 Å². The zero-order valence-electron chi connectivity index (χ0n) is 5.67. The molecule has 0 saturated carbocycles. The van der Waals surface area contributed by atoms with E-state index in [4.69, 9.17) is 10.2 Å². The predicted molar refractivity (Wildman–Crippen MR) is 34.5 cm³/mol. The van der Waals surface area contributed by atoms with E-state index in [1.807, 2.05) is 0 Å². The van der Waals surface area contributed by atoms with Gasteiger partial charge in [0.1, 0.15) is 6.04 Å². The van der Waals surface area contributed by atoms with Crippen molar-refractivity contribution in [2.45, 2.75) is 18.6 Å². The zero-order valence-corrected chi connectivity index (χ0v) is 5.67. The number of hydrogen-bond donors (Lipinski definition) is 2. The fourth-order valence-corrected chi connectivity index (χ4v) is 1.12. The second kappa shape index (κ2) is 2.83. The lowest BCUT2D eigenvalue weighted by Gasteiger charge is -2.11. The summed E-state index contributed by atoms with van der Waals surface area (Å²) in [6.45, 7) is 0.0144. The number of aliphatic hydroxyl groups is 1. The summed E-state index contributed by atoms with van der Waals surface area (Å²) in [5.74, 6) is -1.12. The Hall–Kier alpha value is -1.17. The maximum atomic E-state index is 10.4. The summed E-state index contributed by atoms with van der Waals surface area (Å²) in [5.41, 5.74) is 0. The number of nitroso groups, excluding NO2 is 1. The van der Waals surface area contributed by atoms with Crippen LogP contribution in [0.15, 0.2) is 5.29 Å². The van der Waals surface area contributed by atoms with Crippen molar-refractivity contribution in [1.82, 2.24) is 5.01 Å². The molecule has 0 amide bonds. The third kappa shape index (κ3) is 1.45. The zero-order chi connectivity index (χ0) is 8.43. The Morgan fingerprint density at radius 2 is 2.27 bits per heavy atom. The van der Waals surface area contributed by atoms with Crippen LogP contribution in [0.3, 0.4) is 0 Å². The van der Waals surface area contributed by atoms with Crippen LogP contribution in [0.2, 0.25) is 0 Å². The van der Waals surface area contributed by atoms with Crippen LogP contribution >= 0.6 is 0 Å². The highest BCUT2D eigenvalue weighted by molar-refractivity contribution is 5.73. The van der Waals surface area contributed by atoms with Crippen LogP contribution in [0.5, 0.6) is 0 Å². The molecule has 1 fully saturated rings. The van der Waals surface area contributed by atoms with Crippen LogP contribution in [0.4, 0.5) is 0 Å². The fraction of sp³-hybridized carbons (Fsp3) is 0.800. The molecular formula is C5H8N2O4. The summed E-state index contributed by atoms with van der Waals surface area (Å²) >= 11 is 0. The first-order valence-corrected chi connectivity index (χ1v) is 3.16. The Balaban J connectivity index is 2.64. The number of carboxylic acid groups (broad SMARTS) is 1. The van der Waals surface area contributed by atoms with Crippen molar-refractivity contribution in [3.8, 4) is 0 Å². The van der Waals surface area contributed by atoms with Gasteiger partial charge in [0.15, 0.2) is 0 Å². The Labute approximate surface area is 62.4 Å². The molecule has 0 bridgehead atoms. The second-order valence-electron chi connectivity index (χ2n) is 2.45. The highest BCUT2D eigenvalue weighted by Crippen LogP contribution is 2.17. The molecule has 1 saturated heterocycles. The molecule has 1 heterocycles. The van der Waals surface area contributed by atoms with E-state index < -0.39 is 18.1 Å². The molecular weight excluding hydrogens is 152 g/mol. The van der Waals surface area contributed by atoms with Gasteiger partial charge in [-0.15, -0.1) is 4.91 Å². The first-order chi connectivity index (χ1) is 5.15. The van der Waals surface area contributed by atoms with Gasteiger partial charge in [-0.2, -0.15) is 0 Å². The fourth-order valence-electron chi connectivity index (χ4n) is 1.12. The van der Waals surface area contributed by atoms with Gasteiger partial charge in [-0.05, 0) is 0 Å². The lowest BCUT2D eigenvalue weighted by Crippen LogP contribution is -2.31. The van der Waals surface area contributed by atoms with E-state index >= 15 is 0 Å². The van der Waals surface area contributed by atoms with Gasteiger partial charge in [0.05, 0.1) is 17.9 Å². The summed E-state index contributed by atoms with van der Waals surface area (Å²) in [7, 11) is 0.